The van der Waals surface area contributed by atoms with Crippen LogP contribution in [0.3, 0.4) is 0 Å². The van der Waals surface area contributed by atoms with Crippen molar-refractivity contribution in [2.75, 3.05) is 10.6 Å². The number of hydrogen-bond acceptors (Lipinski definition) is 5. The van der Waals surface area contributed by atoms with E-state index in [0.717, 1.165) is 5.56 Å². The van der Waals surface area contributed by atoms with Crippen molar-refractivity contribution >= 4 is 11.4 Å². The number of nitrogens with one attached hydrogen (secondary N) is 2. The van der Waals surface area contributed by atoms with Crippen molar-refractivity contribution in [3.63, 3.8) is 0 Å². The van der Waals surface area contributed by atoms with Gasteiger partial charge in [-0.15, -0.1) is 0 Å². The lowest BCUT2D eigenvalue weighted by Gasteiger charge is -2.22. The van der Waals surface area contributed by atoms with Crippen LogP contribution in [0.25, 0.3) is 0 Å². The molecule has 0 aromatic heterocycles. The second-order valence-electron chi connectivity index (χ2n) is 5.75. The number of nitrogens with zero attached hydrogens (tertiary/aromatic N) is 1. The molecule has 0 saturated heterocycles. The van der Waals surface area contributed by atoms with Gasteiger partial charge in [0.25, 0.3) is 10.9 Å². The fraction of sp³-hybridized carbons (Fsp3) is 0.353. The second-order valence-corrected chi connectivity index (χ2v) is 5.75. The van der Waals surface area contributed by atoms with Crippen LogP contribution >= 0.6 is 0 Å². The molecule has 0 saturated carbocycles. The quantitative estimate of drug-likeness (QED) is 0.799. The van der Waals surface area contributed by atoms with Crippen LogP contribution in [-0.2, 0) is 6.54 Å². The summed E-state index contributed by atoms with van der Waals surface area (Å²) in [5.74, 6) is 0.357. The Balaban J connectivity index is 2.07. The van der Waals surface area contributed by atoms with Crippen molar-refractivity contribution in [3.8, 4) is 6.07 Å². The molecule has 1 atom stereocenters. The molecule has 0 amide bonds. The number of rotatable bonds is 6. The molecule has 5 heteroatoms. The Morgan fingerprint density at radius 2 is 1.64 bits per heavy atom. The van der Waals surface area contributed by atoms with E-state index in [4.69, 9.17) is 5.26 Å². The van der Waals surface area contributed by atoms with Crippen molar-refractivity contribution < 1.29 is 0 Å². The summed E-state index contributed by atoms with van der Waals surface area (Å²) in [4.78, 5) is 23.4. The van der Waals surface area contributed by atoms with Gasteiger partial charge in [0.1, 0.15) is 11.4 Å². The van der Waals surface area contributed by atoms with Crippen LogP contribution in [-0.4, -0.2) is 6.04 Å². The number of nitriles is 1. The average molecular weight is 297 g/mol. The predicted octanol–water partition coefficient (Wildman–Crippen LogP) is 2.22. The third kappa shape index (κ3) is 3.17. The Hall–Kier alpha value is -2.61. The minimum atomic E-state index is -0.480. The summed E-state index contributed by atoms with van der Waals surface area (Å²) in [7, 11) is 0. The van der Waals surface area contributed by atoms with E-state index in [9.17, 15) is 9.59 Å². The van der Waals surface area contributed by atoms with Crippen molar-refractivity contribution in [1.82, 2.24) is 0 Å². The van der Waals surface area contributed by atoms with Gasteiger partial charge in [0.2, 0.25) is 0 Å². The highest BCUT2D eigenvalue weighted by molar-refractivity contribution is 5.74. The first kappa shape index (κ1) is 15.8. The fourth-order valence-corrected chi connectivity index (χ4v) is 1.98. The van der Waals surface area contributed by atoms with Gasteiger partial charge in [-0.1, -0.05) is 26.0 Å². The van der Waals surface area contributed by atoms with E-state index in [1.54, 1.807) is 12.1 Å². The van der Waals surface area contributed by atoms with E-state index < -0.39 is 10.9 Å². The predicted molar refractivity (Wildman–Crippen MR) is 87.8 cm³/mol. The molecule has 2 rings (SSSR count). The molecule has 1 unspecified atom stereocenters. The van der Waals surface area contributed by atoms with Gasteiger partial charge in [-0.25, -0.2) is 0 Å². The summed E-state index contributed by atoms with van der Waals surface area (Å²) in [5.41, 5.74) is 1.31. The van der Waals surface area contributed by atoms with Gasteiger partial charge < -0.3 is 10.6 Å². The summed E-state index contributed by atoms with van der Waals surface area (Å²) in [6, 6.07) is 9.25. The zero-order chi connectivity index (χ0) is 16.3. The van der Waals surface area contributed by atoms with Gasteiger partial charge in [-0.05, 0) is 30.5 Å². The van der Waals surface area contributed by atoms with Crippen LogP contribution in [0.15, 0.2) is 33.9 Å². The second kappa shape index (κ2) is 6.44. The molecule has 0 aliphatic rings. The monoisotopic (exact) mass is 297 g/mol. The molecule has 0 fully saturated rings. The van der Waals surface area contributed by atoms with Crippen LogP contribution in [0.4, 0.5) is 11.4 Å². The third-order valence-corrected chi connectivity index (χ3v) is 3.83. The molecule has 0 aliphatic carbocycles. The van der Waals surface area contributed by atoms with Crippen molar-refractivity contribution in [2.24, 2.45) is 5.92 Å². The standard InChI is InChI=1S/C17H19N3O2/c1-10(2)11(3)20-15-14(16(21)17(15)22)19-9-13-6-4-12(8-18)5-7-13/h4-7,10-11,19-20H,9H2,1-3H3. The fourth-order valence-electron chi connectivity index (χ4n) is 1.98. The van der Waals surface area contributed by atoms with Gasteiger partial charge in [-0.3, -0.25) is 9.59 Å². The Morgan fingerprint density at radius 1 is 1.05 bits per heavy atom. The van der Waals surface area contributed by atoms with Gasteiger partial charge in [-0.2, -0.15) is 5.26 Å². The summed E-state index contributed by atoms with van der Waals surface area (Å²) < 4.78 is 0. The molecule has 2 aromatic rings. The highest BCUT2D eigenvalue weighted by atomic mass is 16.2. The maximum absolute atomic E-state index is 11.7. The molecular weight excluding hydrogens is 278 g/mol. The van der Waals surface area contributed by atoms with Crippen molar-refractivity contribution in [3.05, 3.63) is 55.8 Å². The van der Waals surface area contributed by atoms with E-state index >= 15 is 0 Å². The van der Waals surface area contributed by atoms with Gasteiger partial charge in [0.05, 0.1) is 11.6 Å². The third-order valence-electron chi connectivity index (χ3n) is 3.83. The smallest absolute Gasteiger partial charge is 0.253 e. The van der Waals surface area contributed by atoms with Crippen LogP contribution in [0.5, 0.6) is 0 Å². The first-order chi connectivity index (χ1) is 10.4. The summed E-state index contributed by atoms with van der Waals surface area (Å²) in [5, 5.41) is 14.9. The summed E-state index contributed by atoms with van der Waals surface area (Å²) >= 11 is 0. The number of benzene rings is 1. The van der Waals surface area contributed by atoms with Gasteiger partial charge in [0, 0.05) is 12.6 Å². The number of anilines is 2. The molecule has 22 heavy (non-hydrogen) atoms. The zero-order valence-electron chi connectivity index (χ0n) is 12.9. The summed E-state index contributed by atoms with van der Waals surface area (Å²) in [6.07, 6.45) is 0. The van der Waals surface area contributed by atoms with Crippen molar-refractivity contribution in [2.45, 2.75) is 33.4 Å². The van der Waals surface area contributed by atoms with Crippen LogP contribution in [0, 0.1) is 17.2 Å². The largest absolute Gasteiger partial charge is 0.377 e. The van der Waals surface area contributed by atoms with Gasteiger partial charge >= 0.3 is 0 Å². The molecule has 114 valence electrons. The molecule has 0 radical (unpaired) electrons. The molecule has 0 aliphatic heterocycles. The van der Waals surface area contributed by atoms with E-state index in [1.165, 1.54) is 0 Å². The molecule has 0 heterocycles. The molecule has 0 bridgehead atoms. The van der Waals surface area contributed by atoms with Crippen LogP contribution in [0.2, 0.25) is 0 Å². The van der Waals surface area contributed by atoms with E-state index in [1.807, 2.05) is 32.9 Å². The molecule has 5 nitrogen and oxygen atoms in total. The first-order valence-corrected chi connectivity index (χ1v) is 7.26. The number of hydrogen-bond donors (Lipinski definition) is 2. The lowest BCUT2D eigenvalue weighted by Crippen LogP contribution is -2.40. The SMILES string of the molecule is CC(C)C(C)Nc1c(NCc2ccc(C#N)cc2)c(=O)c1=O. The molecule has 0 spiro atoms. The maximum atomic E-state index is 11.7. The minimum absolute atomic E-state index is 0.110. The van der Waals surface area contributed by atoms with E-state index in [-0.39, 0.29) is 6.04 Å². The Morgan fingerprint density at radius 3 is 2.18 bits per heavy atom. The topological polar surface area (TPSA) is 82.0 Å². The lowest BCUT2D eigenvalue weighted by molar-refractivity contribution is 0.559. The normalized spacial score (nSPS) is 12.1. The average Bonchev–Trinajstić information content (AvgIpc) is 2.53. The van der Waals surface area contributed by atoms with E-state index in [0.29, 0.717) is 29.4 Å². The Kier molecular flexibility index (Phi) is 4.62. The molecular formula is C17H19N3O2. The Labute approximate surface area is 129 Å². The highest BCUT2D eigenvalue weighted by Crippen LogP contribution is 2.18. The summed E-state index contributed by atoms with van der Waals surface area (Å²) in [6.45, 7) is 6.51. The van der Waals surface area contributed by atoms with Crippen LogP contribution < -0.4 is 21.5 Å². The maximum Gasteiger partial charge on any atom is 0.253 e. The Bertz CT molecular complexity index is 763. The first-order valence-electron chi connectivity index (χ1n) is 7.26. The zero-order valence-corrected chi connectivity index (χ0v) is 12.9. The molecule has 2 N–H and O–H groups in total. The lowest BCUT2D eigenvalue weighted by atomic mass is 10.0. The minimum Gasteiger partial charge on any atom is -0.377 e. The van der Waals surface area contributed by atoms with Gasteiger partial charge in [0.15, 0.2) is 0 Å². The van der Waals surface area contributed by atoms with E-state index in [2.05, 4.69) is 16.7 Å². The van der Waals surface area contributed by atoms with Crippen molar-refractivity contribution in [1.29, 1.82) is 5.26 Å². The molecule has 2 aromatic carbocycles. The van der Waals surface area contributed by atoms with Crippen LogP contribution in [0.1, 0.15) is 31.9 Å². The highest BCUT2D eigenvalue weighted by Gasteiger charge is 2.22.